The highest BCUT2D eigenvalue weighted by atomic mass is 32.1. The fourth-order valence-corrected chi connectivity index (χ4v) is 3.14. The van der Waals surface area contributed by atoms with Crippen molar-refractivity contribution in [3.05, 3.63) is 16.3 Å². The first-order valence-corrected chi connectivity index (χ1v) is 7.79. The SMILES string of the molecule is COC(=O)c1sccc1NC(=O)C1(F)C(F)(F)C(F)(F)C(F)(F)C(F)(F)C1(F)F. The summed E-state index contributed by atoms with van der Waals surface area (Å²) in [7, 11) is 0.761. The Bertz CT molecular complexity index is 821. The van der Waals surface area contributed by atoms with Crippen LogP contribution in [0.2, 0.25) is 0 Å². The van der Waals surface area contributed by atoms with Crippen LogP contribution in [0.15, 0.2) is 11.4 Å². The van der Waals surface area contributed by atoms with Gasteiger partial charge in [-0.15, -0.1) is 11.3 Å². The molecule has 0 bridgehead atoms. The van der Waals surface area contributed by atoms with Gasteiger partial charge in [0.05, 0.1) is 12.8 Å². The summed E-state index contributed by atoms with van der Waals surface area (Å²) in [5.74, 6) is -41.7. The number of hydrogen-bond donors (Lipinski definition) is 1. The van der Waals surface area contributed by atoms with Crippen LogP contribution in [0.25, 0.3) is 0 Å². The Kier molecular flexibility index (Phi) is 4.94. The van der Waals surface area contributed by atoms with Crippen LogP contribution in [0.3, 0.4) is 0 Å². The van der Waals surface area contributed by atoms with E-state index in [1.165, 1.54) is 0 Å². The number of amides is 1. The van der Waals surface area contributed by atoms with Crippen molar-refractivity contribution in [3.63, 3.8) is 0 Å². The van der Waals surface area contributed by atoms with Gasteiger partial charge in [-0.25, -0.2) is 9.18 Å². The number of rotatable bonds is 3. The van der Waals surface area contributed by atoms with Gasteiger partial charge in [-0.2, -0.15) is 43.9 Å². The van der Waals surface area contributed by atoms with Crippen LogP contribution in [-0.4, -0.2) is 54.3 Å². The zero-order valence-electron chi connectivity index (χ0n) is 13.4. The minimum atomic E-state index is -7.43. The Morgan fingerprint density at radius 1 is 0.828 bits per heavy atom. The van der Waals surface area contributed by atoms with E-state index < -0.39 is 57.7 Å². The highest BCUT2D eigenvalue weighted by Crippen LogP contribution is 2.69. The lowest BCUT2D eigenvalue weighted by atomic mass is 9.71. The minimum Gasteiger partial charge on any atom is -0.465 e. The number of carbonyl (C=O) groups is 2. The molecule has 1 heterocycles. The van der Waals surface area contributed by atoms with Gasteiger partial charge in [-0.3, -0.25) is 4.79 Å². The molecule has 1 amide bonds. The van der Waals surface area contributed by atoms with Gasteiger partial charge >= 0.3 is 41.3 Å². The molecule has 1 aromatic rings. The third-order valence-electron chi connectivity index (χ3n) is 4.04. The quantitative estimate of drug-likeness (QED) is 0.533. The predicted octanol–water partition coefficient (Wildman–Crippen LogP) is 4.37. The molecule has 1 aliphatic rings. The van der Waals surface area contributed by atoms with E-state index in [1.54, 1.807) is 0 Å². The maximum atomic E-state index is 14.5. The van der Waals surface area contributed by atoms with Crippen molar-refractivity contribution in [1.29, 1.82) is 0 Å². The summed E-state index contributed by atoms with van der Waals surface area (Å²) >= 11 is 0.366. The average molecular weight is 465 g/mol. The third-order valence-corrected chi connectivity index (χ3v) is 4.93. The molecule has 0 saturated heterocycles. The number of nitrogens with one attached hydrogen (secondary N) is 1. The summed E-state index contributed by atoms with van der Waals surface area (Å²) in [4.78, 5) is 22.4. The van der Waals surface area contributed by atoms with Gasteiger partial charge in [0.2, 0.25) is 0 Å². The molecule has 0 aliphatic heterocycles. The molecule has 1 aliphatic carbocycles. The van der Waals surface area contributed by atoms with Crippen molar-refractivity contribution >= 4 is 28.9 Å². The van der Waals surface area contributed by atoms with Gasteiger partial charge < -0.3 is 10.1 Å². The van der Waals surface area contributed by atoms with Crippen LogP contribution in [0.5, 0.6) is 0 Å². The molecule has 2 rings (SSSR count). The monoisotopic (exact) mass is 465 g/mol. The second kappa shape index (κ2) is 6.18. The van der Waals surface area contributed by atoms with E-state index in [0.717, 1.165) is 17.8 Å². The van der Waals surface area contributed by atoms with E-state index >= 15 is 0 Å². The zero-order valence-corrected chi connectivity index (χ0v) is 14.3. The summed E-state index contributed by atoms with van der Waals surface area (Å²) in [5.41, 5.74) is -7.90. The summed E-state index contributed by atoms with van der Waals surface area (Å²) in [6, 6.07) is 0.599. The van der Waals surface area contributed by atoms with E-state index in [1.807, 2.05) is 0 Å². The predicted molar refractivity (Wildman–Crippen MR) is 72.9 cm³/mol. The maximum Gasteiger partial charge on any atom is 0.384 e. The van der Waals surface area contributed by atoms with Crippen LogP contribution >= 0.6 is 11.3 Å². The van der Waals surface area contributed by atoms with E-state index in [0.29, 0.717) is 17.4 Å². The molecule has 1 N–H and O–H groups in total. The number of thiophene rings is 1. The number of methoxy groups -OCH3 is 1. The van der Waals surface area contributed by atoms with Crippen LogP contribution in [-0.2, 0) is 9.53 Å². The van der Waals surface area contributed by atoms with Crippen molar-refractivity contribution in [1.82, 2.24) is 0 Å². The molecule has 0 aromatic carbocycles. The molecule has 4 nitrogen and oxygen atoms in total. The van der Waals surface area contributed by atoms with Gasteiger partial charge in [0.25, 0.3) is 5.91 Å². The number of hydrogen-bond acceptors (Lipinski definition) is 4. The van der Waals surface area contributed by atoms with Crippen LogP contribution < -0.4 is 5.32 Å². The molecule has 0 atom stereocenters. The molecule has 0 unspecified atom stereocenters. The van der Waals surface area contributed by atoms with Gasteiger partial charge in [-0.1, -0.05) is 0 Å². The molecule has 16 heteroatoms. The number of esters is 1. The van der Waals surface area contributed by atoms with Crippen LogP contribution in [0.1, 0.15) is 9.67 Å². The molecule has 0 spiro atoms. The molecule has 1 aromatic heterocycles. The summed E-state index contributed by atoms with van der Waals surface area (Å²) < 4.78 is 154. The Morgan fingerprint density at radius 3 is 1.66 bits per heavy atom. The minimum absolute atomic E-state index is 0.366. The van der Waals surface area contributed by atoms with E-state index in [2.05, 4.69) is 4.74 Å². The van der Waals surface area contributed by atoms with Crippen LogP contribution in [0.4, 0.5) is 54.0 Å². The lowest BCUT2D eigenvalue weighted by molar-refractivity contribution is -0.475. The van der Waals surface area contributed by atoms with Crippen LogP contribution in [0, 0.1) is 0 Å². The molecule has 0 radical (unpaired) electrons. The fraction of sp³-hybridized carbons (Fsp3) is 0.538. The Balaban J connectivity index is 2.67. The van der Waals surface area contributed by atoms with Gasteiger partial charge in [0.1, 0.15) is 4.88 Å². The lowest BCUT2D eigenvalue weighted by Crippen LogP contribution is -2.86. The molecule has 29 heavy (non-hydrogen) atoms. The molecular formula is C13H6F11NO3S. The van der Waals surface area contributed by atoms with Gasteiger partial charge in [-0.05, 0) is 11.4 Å². The summed E-state index contributed by atoms with van der Waals surface area (Å²) in [6.07, 6.45) is 0. The van der Waals surface area contributed by atoms with E-state index in [9.17, 15) is 57.9 Å². The normalized spacial score (nSPS) is 25.1. The maximum absolute atomic E-state index is 14.5. The topological polar surface area (TPSA) is 55.4 Å². The fourth-order valence-electron chi connectivity index (χ4n) is 2.37. The van der Waals surface area contributed by atoms with E-state index in [-0.39, 0.29) is 0 Å². The first-order valence-electron chi connectivity index (χ1n) is 6.91. The number of carbonyl (C=O) groups excluding carboxylic acids is 2. The van der Waals surface area contributed by atoms with Gasteiger partial charge in [0, 0.05) is 0 Å². The average Bonchev–Trinajstić information content (AvgIpc) is 3.06. The lowest BCUT2D eigenvalue weighted by Gasteiger charge is -2.51. The standard InChI is InChI=1S/C13H6F11NO3S/c1-28-6(26)5-4(2-3-29-5)25-7(27)8(14)9(15,16)11(19,20)13(23,24)12(21,22)10(8,17)18/h2-3H,1H3,(H,25,27). The highest BCUT2D eigenvalue weighted by molar-refractivity contribution is 7.12. The first-order chi connectivity index (χ1) is 12.9. The van der Waals surface area contributed by atoms with Crippen molar-refractivity contribution in [2.45, 2.75) is 35.3 Å². The number of anilines is 1. The number of ether oxygens (including phenoxy) is 1. The van der Waals surface area contributed by atoms with E-state index in [4.69, 9.17) is 0 Å². The smallest absolute Gasteiger partial charge is 0.384 e. The molecule has 1 fully saturated rings. The number of alkyl halides is 11. The highest BCUT2D eigenvalue weighted by Gasteiger charge is 3.02. The largest absolute Gasteiger partial charge is 0.465 e. The van der Waals surface area contributed by atoms with Crippen molar-refractivity contribution in [2.75, 3.05) is 12.4 Å². The van der Waals surface area contributed by atoms with Crippen molar-refractivity contribution in [2.24, 2.45) is 0 Å². The zero-order chi connectivity index (χ0) is 22.8. The summed E-state index contributed by atoms with van der Waals surface area (Å²) in [5, 5.41) is 1.74. The summed E-state index contributed by atoms with van der Waals surface area (Å²) in [6.45, 7) is 0. The van der Waals surface area contributed by atoms with Crippen molar-refractivity contribution in [3.8, 4) is 0 Å². The Hall–Kier alpha value is -2.13. The second-order valence-electron chi connectivity index (χ2n) is 5.64. The third kappa shape index (κ3) is 2.43. The Labute approximate surface area is 156 Å². The first kappa shape index (κ1) is 23.2. The molecule has 1 saturated carbocycles. The number of halogens is 11. The Morgan fingerprint density at radius 2 is 1.24 bits per heavy atom. The molecular weight excluding hydrogens is 459 g/mol. The molecule has 164 valence electrons. The second-order valence-corrected chi connectivity index (χ2v) is 6.56. The van der Waals surface area contributed by atoms with Crippen molar-refractivity contribution < 1.29 is 62.6 Å². The van der Waals surface area contributed by atoms with Gasteiger partial charge in [0.15, 0.2) is 0 Å².